The number of hydrogen-bond donors (Lipinski definition) is 1. The van der Waals surface area contributed by atoms with E-state index in [9.17, 15) is 4.79 Å². The van der Waals surface area contributed by atoms with Gasteiger partial charge in [-0.25, -0.2) is 0 Å². The van der Waals surface area contributed by atoms with Crippen molar-refractivity contribution in [3.8, 4) is 5.75 Å². The Morgan fingerprint density at radius 1 is 0.938 bits per heavy atom. The summed E-state index contributed by atoms with van der Waals surface area (Å²) in [6.07, 6.45) is 0. The number of nitrogens with zero attached hydrogens (tertiary/aromatic N) is 3. The lowest BCUT2D eigenvalue weighted by atomic mass is 10.2. The van der Waals surface area contributed by atoms with Crippen LogP contribution in [0.1, 0.15) is 0 Å². The zero-order valence-corrected chi connectivity index (χ0v) is 19.1. The number of nitrogens with one attached hydrogen (secondary N) is 1. The minimum atomic E-state index is 0.0326. The van der Waals surface area contributed by atoms with Gasteiger partial charge in [0.2, 0.25) is 5.91 Å². The molecule has 0 atom stereocenters. The third-order valence-corrected chi connectivity index (χ3v) is 6.10. The summed E-state index contributed by atoms with van der Waals surface area (Å²) < 4.78 is 11.2. The number of carbonyl (C=O) groups excluding carboxylic acids is 1. The van der Waals surface area contributed by atoms with Gasteiger partial charge in [0.1, 0.15) is 12.4 Å². The summed E-state index contributed by atoms with van der Waals surface area (Å²) in [5.41, 5.74) is 1.94. The molecule has 4 rings (SSSR count). The number of hydrogen-bond acceptors (Lipinski definition) is 6. The van der Waals surface area contributed by atoms with Crippen LogP contribution >= 0.6 is 11.6 Å². The van der Waals surface area contributed by atoms with E-state index >= 15 is 0 Å². The highest BCUT2D eigenvalue weighted by Gasteiger charge is 2.20. The van der Waals surface area contributed by atoms with Gasteiger partial charge in [0, 0.05) is 50.8 Å². The van der Waals surface area contributed by atoms with E-state index in [1.165, 1.54) is 0 Å². The largest absolute Gasteiger partial charge is 0.492 e. The first-order valence-corrected chi connectivity index (χ1v) is 11.6. The molecule has 7 nitrogen and oxygen atoms in total. The highest BCUT2D eigenvalue weighted by molar-refractivity contribution is 6.30. The summed E-state index contributed by atoms with van der Waals surface area (Å²) >= 11 is 5.90. The number of para-hydroxylation sites is 2. The van der Waals surface area contributed by atoms with Gasteiger partial charge < -0.3 is 19.7 Å². The second-order valence-corrected chi connectivity index (χ2v) is 8.52. The molecule has 0 bridgehead atoms. The van der Waals surface area contributed by atoms with E-state index in [1.54, 1.807) is 0 Å². The molecule has 1 N–H and O–H groups in total. The summed E-state index contributed by atoms with van der Waals surface area (Å²) in [4.78, 5) is 19.6. The van der Waals surface area contributed by atoms with Crippen molar-refractivity contribution in [1.29, 1.82) is 0 Å². The van der Waals surface area contributed by atoms with Gasteiger partial charge in [0.15, 0.2) is 0 Å². The first kappa shape index (κ1) is 22.9. The molecular formula is C24H31ClN4O3. The van der Waals surface area contributed by atoms with Gasteiger partial charge in [-0.3, -0.25) is 14.6 Å². The van der Waals surface area contributed by atoms with Crippen molar-refractivity contribution in [2.75, 3.05) is 82.4 Å². The minimum absolute atomic E-state index is 0.0326. The molecule has 172 valence electrons. The zero-order chi connectivity index (χ0) is 22.2. The Kier molecular flexibility index (Phi) is 8.23. The number of amides is 1. The van der Waals surface area contributed by atoms with E-state index in [4.69, 9.17) is 21.1 Å². The number of carbonyl (C=O) groups is 1. The lowest BCUT2D eigenvalue weighted by molar-refractivity contribution is -0.117. The third-order valence-electron chi connectivity index (χ3n) is 5.85. The van der Waals surface area contributed by atoms with E-state index in [1.807, 2.05) is 42.5 Å². The maximum atomic E-state index is 12.7. The van der Waals surface area contributed by atoms with Crippen molar-refractivity contribution in [3.05, 3.63) is 53.6 Å². The smallest absolute Gasteiger partial charge is 0.238 e. The number of rotatable bonds is 8. The van der Waals surface area contributed by atoms with Gasteiger partial charge in [0.25, 0.3) is 0 Å². The molecule has 0 saturated carbocycles. The fourth-order valence-corrected chi connectivity index (χ4v) is 4.17. The van der Waals surface area contributed by atoms with Crippen LogP contribution in [-0.2, 0) is 9.53 Å². The first-order valence-electron chi connectivity index (χ1n) is 11.2. The quantitative estimate of drug-likeness (QED) is 0.656. The highest BCUT2D eigenvalue weighted by atomic mass is 35.5. The molecule has 0 spiro atoms. The third kappa shape index (κ3) is 6.59. The van der Waals surface area contributed by atoms with Gasteiger partial charge in [-0.2, -0.15) is 0 Å². The van der Waals surface area contributed by atoms with Crippen LogP contribution in [0.25, 0.3) is 0 Å². The lowest BCUT2D eigenvalue weighted by Gasteiger charge is -2.34. The maximum Gasteiger partial charge on any atom is 0.238 e. The van der Waals surface area contributed by atoms with E-state index in [0.29, 0.717) is 18.2 Å². The molecule has 8 heteroatoms. The molecule has 32 heavy (non-hydrogen) atoms. The molecule has 2 aliphatic heterocycles. The average Bonchev–Trinajstić information content (AvgIpc) is 2.82. The highest BCUT2D eigenvalue weighted by Crippen LogP contribution is 2.26. The fraction of sp³-hybridized carbons (Fsp3) is 0.458. The number of benzene rings is 2. The zero-order valence-electron chi connectivity index (χ0n) is 18.3. The summed E-state index contributed by atoms with van der Waals surface area (Å²) in [6.45, 7) is 8.66. The van der Waals surface area contributed by atoms with Crippen LogP contribution in [0.5, 0.6) is 5.75 Å². The van der Waals surface area contributed by atoms with Crippen molar-refractivity contribution in [2.45, 2.75) is 0 Å². The van der Waals surface area contributed by atoms with Crippen LogP contribution in [0.2, 0.25) is 5.02 Å². The first-order chi connectivity index (χ1) is 15.7. The summed E-state index contributed by atoms with van der Waals surface area (Å²) in [6, 6.07) is 15.4. The Hall–Kier alpha value is -2.32. The molecule has 0 unspecified atom stereocenters. The summed E-state index contributed by atoms with van der Waals surface area (Å²) in [7, 11) is 0. The van der Waals surface area contributed by atoms with Crippen molar-refractivity contribution in [1.82, 2.24) is 9.80 Å². The van der Waals surface area contributed by atoms with Gasteiger partial charge in [-0.15, -0.1) is 0 Å². The Morgan fingerprint density at radius 3 is 2.38 bits per heavy atom. The van der Waals surface area contributed by atoms with Crippen molar-refractivity contribution in [3.63, 3.8) is 0 Å². The van der Waals surface area contributed by atoms with E-state index in [0.717, 1.165) is 76.2 Å². The topological polar surface area (TPSA) is 57.3 Å². The standard InChI is InChI=1S/C24H31ClN4O3/c25-20-5-7-21(8-6-20)32-18-13-27-9-11-28(12-10-27)19-24(30)26-22-3-1-2-4-23(22)29-14-16-31-17-15-29/h1-8H,9-19H2,(H,26,30). The van der Waals surface area contributed by atoms with Crippen LogP contribution in [0, 0.1) is 0 Å². The molecule has 2 saturated heterocycles. The van der Waals surface area contributed by atoms with Gasteiger partial charge >= 0.3 is 0 Å². The van der Waals surface area contributed by atoms with Crippen LogP contribution in [0.4, 0.5) is 11.4 Å². The maximum absolute atomic E-state index is 12.7. The predicted molar refractivity (Wildman–Crippen MR) is 128 cm³/mol. The molecule has 2 fully saturated rings. The van der Waals surface area contributed by atoms with Crippen molar-refractivity contribution in [2.24, 2.45) is 0 Å². The Labute approximate surface area is 194 Å². The normalized spacial score (nSPS) is 17.8. The predicted octanol–water partition coefficient (Wildman–Crippen LogP) is 2.81. The fourth-order valence-electron chi connectivity index (χ4n) is 4.05. The van der Waals surface area contributed by atoms with Crippen molar-refractivity contribution >= 4 is 28.9 Å². The van der Waals surface area contributed by atoms with Crippen molar-refractivity contribution < 1.29 is 14.3 Å². The Bertz CT molecular complexity index is 866. The number of piperazine rings is 1. The van der Waals surface area contributed by atoms with E-state index in [2.05, 4.69) is 26.1 Å². The van der Waals surface area contributed by atoms with Gasteiger partial charge in [-0.1, -0.05) is 23.7 Å². The van der Waals surface area contributed by atoms with Crippen LogP contribution in [0.15, 0.2) is 48.5 Å². The summed E-state index contributed by atoms with van der Waals surface area (Å²) in [5, 5.41) is 3.83. The molecule has 0 aliphatic carbocycles. The lowest BCUT2D eigenvalue weighted by Crippen LogP contribution is -2.49. The number of ether oxygens (including phenoxy) is 2. The molecule has 2 aromatic rings. The van der Waals surface area contributed by atoms with Gasteiger partial charge in [0.05, 0.1) is 31.1 Å². The Balaban J connectivity index is 1.18. The molecule has 2 aliphatic rings. The van der Waals surface area contributed by atoms with Crippen LogP contribution in [0.3, 0.4) is 0 Å². The second kappa shape index (κ2) is 11.5. The number of anilines is 2. The molecule has 0 aromatic heterocycles. The Morgan fingerprint density at radius 2 is 1.62 bits per heavy atom. The second-order valence-electron chi connectivity index (χ2n) is 8.08. The molecule has 2 heterocycles. The SMILES string of the molecule is O=C(CN1CCN(CCOc2ccc(Cl)cc2)CC1)Nc1ccccc1N1CCOCC1. The van der Waals surface area contributed by atoms with Crippen LogP contribution in [-0.4, -0.2) is 87.9 Å². The number of halogens is 1. The minimum Gasteiger partial charge on any atom is -0.492 e. The summed E-state index contributed by atoms with van der Waals surface area (Å²) in [5.74, 6) is 0.868. The average molecular weight is 459 g/mol. The number of morpholine rings is 1. The van der Waals surface area contributed by atoms with Gasteiger partial charge in [-0.05, 0) is 36.4 Å². The molecule has 0 radical (unpaired) electrons. The van der Waals surface area contributed by atoms with Crippen LogP contribution < -0.4 is 15.0 Å². The van der Waals surface area contributed by atoms with E-state index in [-0.39, 0.29) is 5.91 Å². The van der Waals surface area contributed by atoms with E-state index < -0.39 is 0 Å². The molecule has 1 amide bonds. The monoisotopic (exact) mass is 458 g/mol. The molecule has 2 aromatic carbocycles. The molecular weight excluding hydrogens is 428 g/mol.